The standard InChI is InChI=1S/C16H15FO2S/c1-11-7-8-12(15(9-11)19-2)14(18)10-20-16-6-4-3-5-13(16)17/h3-9H,10H2,1-2H3. The molecule has 104 valence electrons. The number of methoxy groups -OCH3 is 1. The van der Waals surface area contributed by atoms with Gasteiger partial charge in [-0.05, 0) is 36.8 Å². The second kappa shape index (κ2) is 6.57. The molecule has 0 N–H and O–H groups in total. The van der Waals surface area contributed by atoms with E-state index in [4.69, 9.17) is 4.74 Å². The molecule has 2 aromatic carbocycles. The number of aryl methyl sites for hydroxylation is 1. The average Bonchev–Trinajstić information content (AvgIpc) is 2.46. The van der Waals surface area contributed by atoms with Crippen molar-refractivity contribution in [1.29, 1.82) is 0 Å². The molecule has 0 atom stereocenters. The molecular formula is C16H15FO2S. The number of Topliss-reactive ketones (excluding diaryl/α,β-unsaturated/α-hetero) is 1. The molecular weight excluding hydrogens is 275 g/mol. The molecule has 0 unspecified atom stereocenters. The zero-order valence-corrected chi connectivity index (χ0v) is 12.2. The van der Waals surface area contributed by atoms with Crippen LogP contribution in [0.25, 0.3) is 0 Å². The van der Waals surface area contributed by atoms with Gasteiger partial charge < -0.3 is 4.74 Å². The lowest BCUT2D eigenvalue weighted by molar-refractivity contribution is 0.101. The van der Waals surface area contributed by atoms with Crippen molar-refractivity contribution in [3.63, 3.8) is 0 Å². The molecule has 0 amide bonds. The van der Waals surface area contributed by atoms with Gasteiger partial charge in [0.25, 0.3) is 0 Å². The summed E-state index contributed by atoms with van der Waals surface area (Å²) in [6.07, 6.45) is 0. The summed E-state index contributed by atoms with van der Waals surface area (Å²) in [5.41, 5.74) is 1.56. The maximum Gasteiger partial charge on any atom is 0.176 e. The fraction of sp³-hybridized carbons (Fsp3) is 0.188. The van der Waals surface area contributed by atoms with E-state index in [-0.39, 0.29) is 17.4 Å². The van der Waals surface area contributed by atoms with Crippen molar-refractivity contribution in [2.45, 2.75) is 11.8 Å². The van der Waals surface area contributed by atoms with Gasteiger partial charge in [-0.3, -0.25) is 4.79 Å². The maximum absolute atomic E-state index is 13.5. The van der Waals surface area contributed by atoms with E-state index in [0.717, 1.165) is 5.56 Å². The molecule has 0 fully saturated rings. The lowest BCUT2D eigenvalue weighted by Crippen LogP contribution is -2.05. The summed E-state index contributed by atoms with van der Waals surface area (Å²) >= 11 is 1.19. The van der Waals surface area contributed by atoms with Crippen molar-refractivity contribution in [1.82, 2.24) is 0 Å². The summed E-state index contributed by atoms with van der Waals surface area (Å²) in [6, 6.07) is 11.9. The average molecular weight is 290 g/mol. The zero-order chi connectivity index (χ0) is 14.5. The van der Waals surface area contributed by atoms with Gasteiger partial charge >= 0.3 is 0 Å². The largest absolute Gasteiger partial charge is 0.496 e. The second-order valence-corrected chi connectivity index (χ2v) is 5.36. The van der Waals surface area contributed by atoms with Gasteiger partial charge in [0.1, 0.15) is 11.6 Å². The fourth-order valence-corrected chi connectivity index (χ4v) is 2.63. The Morgan fingerprint density at radius 2 is 2.00 bits per heavy atom. The van der Waals surface area contributed by atoms with Crippen LogP contribution in [0.3, 0.4) is 0 Å². The van der Waals surface area contributed by atoms with Crippen LogP contribution in [0.2, 0.25) is 0 Å². The highest BCUT2D eigenvalue weighted by Gasteiger charge is 2.13. The van der Waals surface area contributed by atoms with Crippen LogP contribution in [-0.4, -0.2) is 18.6 Å². The van der Waals surface area contributed by atoms with Crippen LogP contribution in [0.4, 0.5) is 4.39 Å². The van der Waals surface area contributed by atoms with Gasteiger partial charge in [-0.1, -0.05) is 18.2 Å². The van der Waals surface area contributed by atoms with Crippen LogP contribution in [0, 0.1) is 12.7 Å². The van der Waals surface area contributed by atoms with E-state index in [1.54, 1.807) is 24.3 Å². The number of hydrogen-bond acceptors (Lipinski definition) is 3. The molecule has 0 saturated carbocycles. The van der Waals surface area contributed by atoms with E-state index in [9.17, 15) is 9.18 Å². The lowest BCUT2D eigenvalue weighted by atomic mass is 10.1. The van der Waals surface area contributed by atoms with Crippen LogP contribution >= 0.6 is 11.8 Å². The SMILES string of the molecule is COc1cc(C)ccc1C(=O)CSc1ccccc1F. The minimum Gasteiger partial charge on any atom is -0.496 e. The molecule has 0 bridgehead atoms. The minimum atomic E-state index is -0.304. The first kappa shape index (κ1) is 14.6. The Labute approximate surface area is 122 Å². The molecule has 2 nitrogen and oxygen atoms in total. The minimum absolute atomic E-state index is 0.0740. The van der Waals surface area contributed by atoms with Crippen molar-refractivity contribution in [2.24, 2.45) is 0 Å². The summed E-state index contributed by atoms with van der Waals surface area (Å²) in [6.45, 7) is 1.94. The van der Waals surface area contributed by atoms with E-state index >= 15 is 0 Å². The quantitative estimate of drug-likeness (QED) is 0.612. The number of benzene rings is 2. The third-order valence-electron chi connectivity index (χ3n) is 2.85. The van der Waals surface area contributed by atoms with E-state index in [2.05, 4.69) is 0 Å². The van der Waals surface area contributed by atoms with Gasteiger partial charge in [-0.25, -0.2) is 4.39 Å². The molecule has 0 spiro atoms. The maximum atomic E-state index is 13.5. The molecule has 0 saturated heterocycles. The van der Waals surface area contributed by atoms with Crippen LogP contribution in [0.15, 0.2) is 47.4 Å². The topological polar surface area (TPSA) is 26.3 Å². The number of rotatable bonds is 5. The predicted octanol–water partition coefficient (Wildman–Crippen LogP) is 4.12. The van der Waals surface area contributed by atoms with Crippen LogP contribution < -0.4 is 4.74 Å². The Morgan fingerprint density at radius 1 is 1.25 bits per heavy atom. The first-order valence-electron chi connectivity index (χ1n) is 6.17. The Morgan fingerprint density at radius 3 is 2.70 bits per heavy atom. The van der Waals surface area contributed by atoms with Crippen molar-refractivity contribution < 1.29 is 13.9 Å². The second-order valence-electron chi connectivity index (χ2n) is 4.35. The van der Waals surface area contributed by atoms with Gasteiger partial charge in [0, 0.05) is 4.90 Å². The lowest BCUT2D eigenvalue weighted by Gasteiger charge is -2.08. The fourth-order valence-electron chi connectivity index (χ4n) is 1.81. The molecule has 0 aliphatic rings. The van der Waals surface area contributed by atoms with Crippen LogP contribution in [0.5, 0.6) is 5.75 Å². The number of carbonyl (C=O) groups excluding carboxylic acids is 1. The molecule has 0 heterocycles. The zero-order valence-electron chi connectivity index (χ0n) is 11.4. The Balaban J connectivity index is 2.11. The summed E-state index contributed by atoms with van der Waals surface area (Å²) in [4.78, 5) is 12.7. The Kier molecular flexibility index (Phi) is 4.79. The van der Waals surface area contributed by atoms with Gasteiger partial charge in [0.15, 0.2) is 5.78 Å². The molecule has 2 aromatic rings. The number of hydrogen-bond donors (Lipinski definition) is 0. The van der Waals surface area contributed by atoms with Crippen LogP contribution in [-0.2, 0) is 0 Å². The van der Waals surface area contributed by atoms with E-state index < -0.39 is 0 Å². The number of ether oxygens (including phenoxy) is 1. The normalized spacial score (nSPS) is 10.3. The monoisotopic (exact) mass is 290 g/mol. The van der Waals surface area contributed by atoms with Gasteiger partial charge in [-0.15, -0.1) is 11.8 Å². The van der Waals surface area contributed by atoms with E-state index in [1.807, 2.05) is 19.1 Å². The van der Waals surface area contributed by atoms with Crippen LogP contribution in [0.1, 0.15) is 15.9 Å². The smallest absolute Gasteiger partial charge is 0.176 e. The summed E-state index contributed by atoms with van der Waals surface area (Å²) in [5.74, 6) is 0.362. The summed E-state index contributed by atoms with van der Waals surface area (Å²) < 4.78 is 18.7. The molecule has 0 radical (unpaired) electrons. The van der Waals surface area contributed by atoms with Crippen molar-refractivity contribution >= 4 is 17.5 Å². The van der Waals surface area contributed by atoms with E-state index in [1.165, 1.54) is 24.9 Å². The van der Waals surface area contributed by atoms with E-state index in [0.29, 0.717) is 16.2 Å². The third-order valence-corrected chi connectivity index (χ3v) is 3.90. The molecule has 0 aliphatic carbocycles. The number of carbonyl (C=O) groups is 1. The van der Waals surface area contributed by atoms with Gasteiger partial charge in [0.2, 0.25) is 0 Å². The van der Waals surface area contributed by atoms with Gasteiger partial charge in [-0.2, -0.15) is 0 Å². The van der Waals surface area contributed by atoms with Crippen molar-refractivity contribution in [2.75, 3.05) is 12.9 Å². The first-order chi connectivity index (χ1) is 9.61. The highest BCUT2D eigenvalue weighted by molar-refractivity contribution is 8.00. The first-order valence-corrected chi connectivity index (χ1v) is 7.15. The number of ketones is 1. The van der Waals surface area contributed by atoms with Crippen molar-refractivity contribution in [3.8, 4) is 5.75 Å². The third kappa shape index (κ3) is 3.39. The molecule has 20 heavy (non-hydrogen) atoms. The Hall–Kier alpha value is -1.81. The summed E-state index contributed by atoms with van der Waals surface area (Å²) in [5, 5.41) is 0. The molecule has 0 aromatic heterocycles. The molecule has 2 rings (SSSR count). The highest BCUT2D eigenvalue weighted by Crippen LogP contribution is 2.25. The molecule has 0 aliphatic heterocycles. The number of thioether (sulfide) groups is 1. The number of halogens is 1. The predicted molar refractivity (Wildman–Crippen MR) is 79.2 cm³/mol. The molecule has 4 heteroatoms. The Bertz CT molecular complexity index is 626. The summed E-state index contributed by atoms with van der Waals surface area (Å²) in [7, 11) is 1.54. The highest BCUT2D eigenvalue weighted by atomic mass is 32.2. The van der Waals surface area contributed by atoms with Crippen molar-refractivity contribution in [3.05, 3.63) is 59.4 Å². The van der Waals surface area contributed by atoms with Gasteiger partial charge in [0.05, 0.1) is 18.4 Å².